The predicted molar refractivity (Wildman–Crippen MR) is 126 cm³/mol. The van der Waals surface area contributed by atoms with E-state index < -0.39 is 0 Å². The first-order valence-electron chi connectivity index (χ1n) is 10.6. The maximum Gasteiger partial charge on any atom is 0.0494 e. The molecule has 0 amide bonds. The minimum absolute atomic E-state index is 0.457. The van der Waals surface area contributed by atoms with Crippen molar-refractivity contribution < 1.29 is 0 Å². The fourth-order valence-electron chi connectivity index (χ4n) is 3.91. The number of benzene rings is 1. The number of anilines is 1. The summed E-state index contributed by atoms with van der Waals surface area (Å²) in [5.74, 6) is 0.457. The summed E-state index contributed by atoms with van der Waals surface area (Å²) < 4.78 is 0. The molecule has 1 aliphatic heterocycles. The van der Waals surface area contributed by atoms with Gasteiger partial charge >= 0.3 is 0 Å². The Kier molecular flexibility index (Phi) is 8.32. The van der Waals surface area contributed by atoms with E-state index in [0.717, 1.165) is 19.3 Å². The molecule has 148 valence electrons. The van der Waals surface area contributed by atoms with Crippen molar-refractivity contribution in [3.63, 3.8) is 0 Å². The van der Waals surface area contributed by atoms with Gasteiger partial charge in [0.2, 0.25) is 0 Å². The van der Waals surface area contributed by atoms with Crippen LogP contribution in [0.3, 0.4) is 0 Å². The number of hydrogen-bond donors (Lipinski definition) is 0. The maximum atomic E-state index is 3.88. The van der Waals surface area contributed by atoms with Crippen LogP contribution in [0.1, 0.15) is 65.4 Å². The highest BCUT2D eigenvalue weighted by molar-refractivity contribution is 5.73. The highest BCUT2D eigenvalue weighted by Gasteiger charge is 2.35. The van der Waals surface area contributed by atoms with Gasteiger partial charge in [-0.05, 0) is 75.0 Å². The van der Waals surface area contributed by atoms with E-state index >= 15 is 0 Å². The van der Waals surface area contributed by atoms with Crippen molar-refractivity contribution in [3.05, 3.63) is 101 Å². The summed E-state index contributed by atoms with van der Waals surface area (Å²) >= 11 is 0. The average Bonchev–Trinajstić information content (AvgIpc) is 3.06. The van der Waals surface area contributed by atoms with Gasteiger partial charge in [-0.1, -0.05) is 69.0 Å². The molecule has 1 atom stereocenters. The van der Waals surface area contributed by atoms with Crippen molar-refractivity contribution in [2.45, 2.75) is 59.8 Å². The Morgan fingerprint density at radius 3 is 2.64 bits per heavy atom. The lowest BCUT2D eigenvalue weighted by molar-refractivity contribution is 0.803. The number of para-hydroxylation sites is 1. The highest BCUT2D eigenvalue weighted by atomic mass is 15.2. The van der Waals surface area contributed by atoms with Gasteiger partial charge in [-0.3, -0.25) is 0 Å². The van der Waals surface area contributed by atoms with Crippen LogP contribution < -0.4 is 4.90 Å². The minimum atomic E-state index is 0.457. The molecule has 1 nitrogen and oxygen atoms in total. The molecule has 1 unspecified atom stereocenters. The van der Waals surface area contributed by atoms with Gasteiger partial charge in [0.1, 0.15) is 0 Å². The van der Waals surface area contributed by atoms with Gasteiger partial charge < -0.3 is 4.90 Å². The Morgan fingerprint density at radius 1 is 1.18 bits per heavy atom. The average molecular weight is 374 g/mol. The lowest BCUT2D eigenvalue weighted by atomic mass is 9.87. The molecular weight excluding hydrogens is 338 g/mol. The Labute approximate surface area is 172 Å². The van der Waals surface area contributed by atoms with Crippen molar-refractivity contribution in [2.24, 2.45) is 0 Å². The zero-order valence-corrected chi connectivity index (χ0v) is 18.2. The zero-order valence-electron chi connectivity index (χ0n) is 18.2. The van der Waals surface area contributed by atoms with Crippen molar-refractivity contribution in [3.8, 4) is 0 Å². The van der Waals surface area contributed by atoms with Crippen LogP contribution in [0.15, 0.2) is 95.9 Å². The fourth-order valence-corrected chi connectivity index (χ4v) is 3.91. The second kappa shape index (κ2) is 10.7. The molecule has 0 aromatic heterocycles. The van der Waals surface area contributed by atoms with E-state index in [2.05, 4.69) is 93.0 Å². The number of unbranched alkanes of at least 4 members (excludes halogenated alkanes) is 1. The molecule has 3 rings (SSSR count). The molecule has 1 heterocycles. The predicted octanol–water partition coefficient (Wildman–Crippen LogP) is 8.22. The summed E-state index contributed by atoms with van der Waals surface area (Å²) in [7, 11) is 0. The summed E-state index contributed by atoms with van der Waals surface area (Å²) in [5, 5.41) is 0. The first-order valence-corrected chi connectivity index (χ1v) is 10.6. The van der Waals surface area contributed by atoms with Crippen LogP contribution in [-0.2, 0) is 0 Å². The van der Waals surface area contributed by atoms with Gasteiger partial charge in [0.15, 0.2) is 0 Å². The minimum Gasteiger partial charge on any atom is -0.317 e. The molecule has 0 radical (unpaired) electrons. The molecule has 0 fully saturated rings. The number of hydrogen-bond acceptors (Lipinski definition) is 1. The van der Waals surface area contributed by atoms with Gasteiger partial charge in [-0.15, -0.1) is 0 Å². The zero-order chi connectivity index (χ0) is 20.5. The third kappa shape index (κ3) is 4.65. The summed E-state index contributed by atoms with van der Waals surface area (Å²) in [6.07, 6.45) is 18.7. The van der Waals surface area contributed by atoms with Crippen LogP contribution in [0.25, 0.3) is 0 Å². The van der Waals surface area contributed by atoms with E-state index in [4.69, 9.17) is 0 Å². The number of allylic oxidation sites excluding steroid dienone is 11. The van der Waals surface area contributed by atoms with Crippen LogP contribution in [-0.4, -0.2) is 0 Å². The smallest absolute Gasteiger partial charge is 0.0494 e. The van der Waals surface area contributed by atoms with Gasteiger partial charge in [0.05, 0.1) is 0 Å². The largest absolute Gasteiger partial charge is 0.317 e. The van der Waals surface area contributed by atoms with Crippen molar-refractivity contribution in [1.29, 1.82) is 0 Å². The quantitative estimate of drug-likeness (QED) is 0.276. The van der Waals surface area contributed by atoms with Crippen molar-refractivity contribution >= 4 is 5.69 Å². The molecule has 1 aliphatic carbocycles. The maximum absolute atomic E-state index is 3.88. The molecule has 0 N–H and O–H groups in total. The molecule has 0 spiro atoms. The van der Waals surface area contributed by atoms with Crippen LogP contribution in [0.5, 0.6) is 0 Å². The van der Waals surface area contributed by atoms with E-state index in [0.29, 0.717) is 5.92 Å². The second-order valence-electron chi connectivity index (χ2n) is 6.99. The lowest BCUT2D eigenvalue weighted by Gasteiger charge is -2.26. The van der Waals surface area contributed by atoms with Crippen LogP contribution in [0, 0.1) is 0 Å². The van der Waals surface area contributed by atoms with Crippen LogP contribution in [0.4, 0.5) is 5.69 Å². The summed E-state index contributed by atoms with van der Waals surface area (Å²) in [5.41, 5.74) is 8.09. The monoisotopic (exact) mass is 373 g/mol. The summed E-state index contributed by atoms with van der Waals surface area (Å²) in [6.45, 7) is 14.4. The van der Waals surface area contributed by atoms with Crippen LogP contribution >= 0.6 is 0 Å². The first kappa shape index (κ1) is 21.8. The Bertz CT molecular complexity index is 830. The molecular formula is C27H35N. The van der Waals surface area contributed by atoms with Crippen molar-refractivity contribution in [2.75, 3.05) is 4.90 Å². The Morgan fingerprint density at radius 2 is 1.93 bits per heavy atom. The molecule has 1 aromatic rings. The van der Waals surface area contributed by atoms with E-state index in [9.17, 15) is 0 Å². The third-order valence-corrected chi connectivity index (χ3v) is 5.23. The number of nitrogens with zero attached hydrogens (tertiary/aromatic N) is 1. The van der Waals surface area contributed by atoms with Gasteiger partial charge in [-0.25, -0.2) is 0 Å². The molecule has 0 bridgehead atoms. The standard InChI is InChI=1S/C25H29N.C2H6/c1-5-7-8-9-13-19(3)21-16-17-23-22-14-10-11-15-24(22)26(25(23)18-21)20(4)12-6-2;1-2/h5-7,10-16,18,23H,2,8-9,17H2,1,3-4H3;1-2H3/b7-5-,19-13+,20-12+;. The summed E-state index contributed by atoms with van der Waals surface area (Å²) in [6, 6.07) is 8.78. The fraction of sp³-hybridized carbons (Fsp3) is 0.333. The van der Waals surface area contributed by atoms with Gasteiger partial charge in [-0.2, -0.15) is 0 Å². The molecule has 0 saturated heterocycles. The van der Waals surface area contributed by atoms with Gasteiger partial charge in [0.25, 0.3) is 0 Å². The second-order valence-corrected chi connectivity index (χ2v) is 6.99. The van der Waals surface area contributed by atoms with E-state index in [-0.39, 0.29) is 0 Å². The normalized spacial score (nSPS) is 18.8. The topological polar surface area (TPSA) is 3.24 Å². The summed E-state index contributed by atoms with van der Waals surface area (Å²) in [4.78, 5) is 2.40. The van der Waals surface area contributed by atoms with E-state index in [1.54, 1.807) is 0 Å². The molecule has 28 heavy (non-hydrogen) atoms. The lowest BCUT2D eigenvalue weighted by Crippen LogP contribution is -2.19. The first-order chi connectivity index (χ1) is 13.7. The third-order valence-electron chi connectivity index (χ3n) is 5.23. The Balaban J connectivity index is 0.00000136. The van der Waals surface area contributed by atoms with E-state index in [1.165, 1.54) is 33.8 Å². The molecule has 1 aromatic carbocycles. The van der Waals surface area contributed by atoms with E-state index in [1.807, 2.05) is 19.9 Å². The Hall–Kier alpha value is -2.54. The van der Waals surface area contributed by atoms with Crippen molar-refractivity contribution in [1.82, 2.24) is 0 Å². The van der Waals surface area contributed by atoms with Gasteiger partial charge in [0, 0.05) is 23.0 Å². The molecule has 2 aliphatic rings. The number of rotatable bonds is 6. The highest BCUT2D eigenvalue weighted by Crippen LogP contribution is 2.49. The molecule has 1 heteroatoms. The number of fused-ring (bicyclic) bond motifs is 3. The van der Waals surface area contributed by atoms with Crippen LogP contribution in [0.2, 0.25) is 0 Å². The molecule has 0 saturated carbocycles. The SMILES string of the molecule is C=C/C=C(\C)N1C2=CC(/C(C)=C/CC/C=C\C)=CCC2c2ccccc21.CC.